The summed E-state index contributed by atoms with van der Waals surface area (Å²) >= 11 is 0. The van der Waals surface area contributed by atoms with Crippen LogP contribution in [0.5, 0.6) is 0 Å². The fraction of sp³-hybridized carbons (Fsp3) is 0.235. The first-order valence-corrected chi connectivity index (χ1v) is 6.87. The smallest absolute Gasteiger partial charge is 0.325 e. The van der Waals surface area contributed by atoms with E-state index in [1.807, 2.05) is 25.1 Å². The molecule has 0 aromatic heterocycles. The average Bonchev–Trinajstić information content (AvgIpc) is 3.29. The molecule has 0 amide bonds. The highest BCUT2D eigenvalue weighted by Crippen LogP contribution is 2.31. The molecule has 2 aromatic carbocycles. The molecular formula is C17H17NO2. The van der Waals surface area contributed by atoms with E-state index in [-0.39, 0.29) is 18.1 Å². The second kappa shape index (κ2) is 5.47. The lowest BCUT2D eigenvalue weighted by atomic mass is 10.0. The van der Waals surface area contributed by atoms with Gasteiger partial charge in [-0.15, -0.1) is 0 Å². The van der Waals surface area contributed by atoms with Crippen LogP contribution in [0.15, 0.2) is 54.6 Å². The van der Waals surface area contributed by atoms with Crippen molar-refractivity contribution in [2.24, 2.45) is 0 Å². The van der Waals surface area contributed by atoms with Crippen LogP contribution in [0.1, 0.15) is 18.5 Å². The summed E-state index contributed by atoms with van der Waals surface area (Å²) in [5.74, 6) is -0.162. The molecule has 0 radical (unpaired) electrons. The fourth-order valence-corrected chi connectivity index (χ4v) is 2.38. The van der Waals surface area contributed by atoms with Crippen LogP contribution in [0.4, 0.5) is 0 Å². The van der Waals surface area contributed by atoms with Crippen molar-refractivity contribution in [3.8, 4) is 11.1 Å². The molecule has 3 heteroatoms. The maximum absolute atomic E-state index is 11.6. The van der Waals surface area contributed by atoms with Crippen LogP contribution in [0.25, 0.3) is 11.1 Å². The number of hydrogen-bond donors (Lipinski definition) is 1. The molecule has 0 spiro atoms. The third-order valence-corrected chi connectivity index (χ3v) is 3.50. The van der Waals surface area contributed by atoms with Crippen molar-refractivity contribution in [1.29, 1.82) is 0 Å². The molecular weight excluding hydrogens is 250 g/mol. The molecule has 1 aliphatic rings. The molecule has 0 unspecified atom stereocenters. The van der Waals surface area contributed by atoms with Crippen LogP contribution in [-0.4, -0.2) is 18.6 Å². The Morgan fingerprint density at radius 2 is 1.70 bits per heavy atom. The van der Waals surface area contributed by atoms with E-state index in [0.29, 0.717) is 6.61 Å². The molecule has 1 heterocycles. The molecule has 0 aliphatic carbocycles. The molecule has 20 heavy (non-hydrogen) atoms. The van der Waals surface area contributed by atoms with E-state index in [0.717, 1.165) is 5.56 Å². The van der Waals surface area contributed by atoms with E-state index >= 15 is 0 Å². The number of hydrogen-bond acceptors (Lipinski definition) is 3. The van der Waals surface area contributed by atoms with Gasteiger partial charge in [0.15, 0.2) is 0 Å². The summed E-state index contributed by atoms with van der Waals surface area (Å²) in [6.07, 6.45) is 0. The topological polar surface area (TPSA) is 48.2 Å². The first-order chi connectivity index (χ1) is 9.79. The normalized spacial score (nSPS) is 20.4. The molecule has 1 fully saturated rings. The van der Waals surface area contributed by atoms with Gasteiger partial charge in [0.2, 0.25) is 0 Å². The standard InChI is InChI=1S/C17H17NO2/c1-2-20-17(19)16-15(18-16)14-10-8-13(9-11-14)12-6-4-3-5-7-12/h3-11,15-16,18H,2H2,1H3/t15-,16-/m1/s1. The van der Waals surface area contributed by atoms with Gasteiger partial charge in [0.25, 0.3) is 0 Å². The summed E-state index contributed by atoms with van der Waals surface area (Å²) in [5.41, 5.74) is 3.51. The van der Waals surface area contributed by atoms with Crippen LogP contribution in [-0.2, 0) is 9.53 Å². The summed E-state index contributed by atoms with van der Waals surface area (Å²) < 4.78 is 5.01. The van der Waals surface area contributed by atoms with Crippen molar-refractivity contribution in [2.75, 3.05) is 6.61 Å². The van der Waals surface area contributed by atoms with Gasteiger partial charge < -0.3 is 4.74 Å². The van der Waals surface area contributed by atoms with Crippen molar-refractivity contribution >= 4 is 5.97 Å². The molecule has 1 N–H and O–H groups in total. The highest BCUT2D eigenvalue weighted by atomic mass is 16.5. The van der Waals surface area contributed by atoms with Gasteiger partial charge in [0, 0.05) is 0 Å². The molecule has 102 valence electrons. The zero-order valence-corrected chi connectivity index (χ0v) is 11.4. The number of rotatable bonds is 4. The van der Waals surface area contributed by atoms with Gasteiger partial charge in [-0.3, -0.25) is 10.1 Å². The first kappa shape index (κ1) is 12.9. The number of ether oxygens (including phenoxy) is 1. The van der Waals surface area contributed by atoms with Gasteiger partial charge in [-0.05, 0) is 23.6 Å². The predicted octanol–water partition coefficient (Wildman–Crippen LogP) is 2.93. The van der Waals surface area contributed by atoms with Crippen molar-refractivity contribution < 1.29 is 9.53 Å². The van der Waals surface area contributed by atoms with Crippen molar-refractivity contribution in [2.45, 2.75) is 19.0 Å². The zero-order chi connectivity index (χ0) is 13.9. The van der Waals surface area contributed by atoms with Gasteiger partial charge in [0.05, 0.1) is 12.6 Å². The van der Waals surface area contributed by atoms with Gasteiger partial charge in [0.1, 0.15) is 6.04 Å². The monoisotopic (exact) mass is 267 g/mol. The summed E-state index contributed by atoms with van der Waals surface area (Å²) in [6.45, 7) is 2.25. The quantitative estimate of drug-likeness (QED) is 0.684. The summed E-state index contributed by atoms with van der Waals surface area (Å²) in [7, 11) is 0. The van der Waals surface area contributed by atoms with Crippen LogP contribution < -0.4 is 5.32 Å². The Balaban J connectivity index is 1.71. The number of carbonyl (C=O) groups is 1. The number of nitrogens with one attached hydrogen (secondary N) is 1. The Kier molecular flexibility index (Phi) is 3.52. The third-order valence-electron chi connectivity index (χ3n) is 3.50. The molecule has 0 saturated carbocycles. The van der Waals surface area contributed by atoms with Crippen LogP contribution in [0.2, 0.25) is 0 Å². The highest BCUT2D eigenvalue weighted by molar-refractivity contribution is 5.80. The fourth-order valence-electron chi connectivity index (χ4n) is 2.38. The van der Waals surface area contributed by atoms with Crippen molar-refractivity contribution in [3.63, 3.8) is 0 Å². The highest BCUT2D eigenvalue weighted by Gasteiger charge is 2.44. The van der Waals surface area contributed by atoms with E-state index in [2.05, 4.69) is 41.7 Å². The number of esters is 1. The third kappa shape index (κ3) is 2.58. The minimum atomic E-state index is -0.183. The molecule has 3 nitrogen and oxygen atoms in total. The van der Waals surface area contributed by atoms with Crippen LogP contribution in [0.3, 0.4) is 0 Å². The minimum Gasteiger partial charge on any atom is -0.465 e. The molecule has 3 rings (SSSR count). The van der Waals surface area contributed by atoms with Gasteiger partial charge >= 0.3 is 5.97 Å². The predicted molar refractivity (Wildman–Crippen MR) is 78.2 cm³/mol. The van der Waals surface area contributed by atoms with E-state index in [1.165, 1.54) is 11.1 Å². The Morgan fingerprint density at radius 3 is 2.35 bits per heavy atom. The second-order valence-corrected chi connectivity index (χ2v) is 4.86. The Hall–Kier alpha value is -2.13. The summed E-state index contributed by atoms with van der Waals surface area (Å²) in [6, 6.07) is 18.5. The van der Waals surface area contributed by atoms with E-state index in [9.17, 15) is 4.79 Å². The summed E-state index contributed by atoms with van der Waals surface area (Å²) in [5, 5.41) is 3.15. The van der Waals surface area contributed by atoms with Crippen LogP contribution >= 0.6 is 0 Å². The van der Waals surface area contributed by atoms with E-state index < -0.39 is 0 Å². The van der Waals surface area contributed by atoms with Gasteiger partial charge in [-0.25, -0.2) is 0 Å². The Labute approximate surface area is 118 Å². The maximum atomic E-state index is 11.6. The molecule has 1 saturated heterocycles. The maximum Gasteiger partial charge on any atom is 0.325 e. The van der Waals surface area contributed by atoms with Crippen molar-refractivity contribution in [1.82, 2.24) is 5.32 Å². The van der Waals surface area contributed by atoms with E-state index in [4.69, 9.17) is 4.74 Å². The second-order valence-electron chi connectivity index (χ2n) is 4.86. The number of carbonyl (C=O) groups excluding carboxylic acids is 1. The zero-order valence-electron chi connectivity index (χ0n) is 11.4. The molecule has 2 atom stereocenters. The average molecular weight is 267 g/mol. The minimum absolute atomic E-state index is 0.0962. The molecule has 0 bridgehead atoms. The van der Waals surface area contributed by atoms with Crippen molar-refractivity contribution in [3.05, 3.63) is 60.2 Å². The lowest BCUT2D eigenvalue weighted by Crippen LogP contribution is -2.13. The molecule has 2 aromatic rings. The van der Waals surface area contributed by atoms with Gasteiger partial charge in [-0.2, -0.15) is 0 Å². The van der Waals surface area contributed by atoms with Gasteiger partial charge in [-0.1, -0.05) is 54.6 Å². The molecule has 1 aliphatic heterocycles. The Bertz CT molecular complexity index is 592. The number of benzene rings is 2. The largest absolute Gasteiger partial charge is 0.465 e. The lowest BCUT2D eigenvalue weighted by Gasteiger charge is -2.03. The first-order valence-electron chi connectivity index (χ1n) is 6.87. The van der Waals surface area contributed by atoms with E-state index in [1.54, 1.807) is 0 Å². The van der Waals surface area contributed by atoms with Crippen LogP contribution in [0, 0.1) is 0 Å². The Morgan fingerprint density at radius 1 is 1.05 bits per heavy atom. The summed E-state index contributed by atoms with van der Waals surface area (Å²) in [4.78, 5) is 11.6. The SMILES string of the molecule is CCOC(=O)[C@@H]1N[C@@H]1c1ccc(-c2ccccc2)cc1. The lowest BCUT2D eigenvalue weighted by molar-refractivity contribution is -0.142.